The lowest BCUT2D eigenvalue weighted by molar-refractivity contribution is -0.117. The van der Waals surface area contributed by atoms with E-state index in [1.807, 2.05) is 43.3 Å². The molecule has 0 aliphatic heterocycles. The average Bonchev–Trinajstić information content (AvgIpc) is 3.16. The smallest absolute Gasteiger partial charge is 0.337 e. The van der Waals surface area contributed by atoms with Crippen LogP contribution in [-0.2, 0) is 16.1 Å². The largest absolute Gasteiger partial charge is 0.465 e. The first kappa shape index (κ1) is 19.0. The van der Waals surface area contributed by atoms with E-state index in [1.165, 1.54) is 11.9 Å². The van der Waals surface area contributed by atoms with Crippen LogP contribution in [0.5, 0.6) is 0 Å². The van der Waals surface area contributed by atoms with Crippen molar-refractivity contribution in [3.8, 4) is 11.4 Å². The van der Waals surface area contributed by atoms with Gasteiger partial charge in [0.15, 0.2) is 0 Å². The van der Waals surface area contributed by atoms with Crippen molar-refractivity contribution in [3.63, 3.8) is 0 Å². The van der Waals surface area contributed by atoms with E-state index in [4.69, 9.17) is 0 Å². The van der Waals surface area contributed by atoms with Crippen LogP contribution >= 0.6 is 0 Å². The summed E-state index contributed by atoms with van der Waals surface area (Å²) in [6.07, 6.45) is 0. The van der Waals surface area contributed by atoms with E-state index in [9.17, 15) is 9.59 Å². The lowest BCUT2D eigenvalue weighted by Gasteiger charge is -2.11. The number of nitrogens with one attached hydrogen (secondary N) is 1. The van der Waals surface area contributed by atoms with Crippen LogP contribution in [-0.4, -0.2) is 53.3 Å². The molecule has 0 fully saturated rings. The lowest BCUT2D eigenvalue weighted by Crippen LogP contribution is -2.20. The summed E-state index contributed by atoms with van der Waals surface area (Å²) in [5.74, 6) is -0.297. The van der Waals surface area contributed by atoms with Crippen LogP contribution in [0.3, 0.4) is 0 Å². The summed E-state index contributed by atoms with van der Waals surface area (Å²) >= 11 is 0. The van der Waals surface area contributed by atoms with Crippen molar-refractivity contribution < 1.29 is 14.3 Å². The molecule has 2 aromatic carbocycles. The van der Waals surface area contributed by atoms with Crippen molar-refractivity contribution in [2.24, 2.45) is 0 Å². The predicted molar refractivity (Wildman–Crippen MR) is 104 cm³/mol. The number of anilines is 2. The second kappa shape index (κ2) is 8.30. The minimum Gasteiger partial charge on any atom is -0.465 e. The van der Waals surface area contributed by atoms with Crippen molar-refractivity contribution in [2.45, 2.75) is 6.54 Å². The van der Waals surface area contributed by atoms with Gasteiger partial charge in [-0.1, -0.05) is 0 Å². The first-order valence-electron chi connectivity index (χ1n) is 8.50. The van der Waals surface area contributed by atoms with Gasteiger partial charge in [0.25, 0.3) is 0 Å². The molecule has 0 saturated carbocycles. The van der Waals surface area contributed by atoms with Gasteiger partial charge in [-0.05, 0) is 53.7 Å². The second-order valence-electron chi connectivity index (χ2n) is 6.20. The lowest BCUT2D eigenvalue weighted by atomic mass is 10.2. The summed E-state index contributed by atoms with van der Waals surface area (Å²) in [5, 5.41) is 14.9. The molecule has 28 heavy (non-hydrogen) atoms. The number of methoxy groups -OCH3 is 1. The Balaban J connectivity index is 1.61. The van der Waals surface area contributed by atoms with Gasteiger partial charge in [-0.3, -0.25) is 4.79 Å². The summed E-state index contributed by atoms with van der Waals surface area (Å²) in [4.78, 5) is 26.8. The van der Waals surface area contributed by atoms with Crippen molar-refractivity contribution in [2.75, 3.05) is 31.4 Å². The van der Waals surface area contributed by atoms with Crippen molar-refractivity contribution in [1.82, 2.24) is 20.2 Å². The highest BCUT2D eigenvalue weighted by molar-refractivity contribution is 5.92. The topological polar surface area (TPSA) is 102 Å². The molecule has 0 aliphatic carbocycles. The van der Waals surface area contributed by atoms with Crippen LogP contribution in [0.25, 0.3) is 11.4 Å². The van der Waals surface area contributed by atoms with Crippen molar-refractivity contribution in [1.29, 1.82) is 0 Å². The monoisotopic (exact) mass is 380 g/mol. The number of nitrogens with zero attached hydrogens (tertiary/aromatic N) is 5. The third-order valence-electron chi connectivity index (χ3n) is 3.97. The minimum absolute atomic E-state index is 0.0818. The number of amides is 1. The Hall–Kier alpha value is -3.75. The molecule has 9 nitrogen and oxygen atoms in total. The Kier molecular flexibility index (Phi) is 5.64. The third-order valence-corrected chi connectivity index (χ3v) is 3.97. The van der Waals surface area contributed by atoms with Gasteiger partial charge in [-0.2, -0.15) is 4.80 Å². The van der Waals surface area contributed by atoms with Gasteiger partial charge in [0.2, 0.25) is 11.7 Å². The number of carbonyl (C=O) groups is 2. The Morgan fingerprint density at radius 3 is 2.36 bits per heavy atom. The van der Waals surface area contributed by atoms with E-state index in [2.05, 4.69) is 25.5 Å². The fraction of sp³-hybridized carbons (Fsp3) is 0.211. The van der Waals surface area contributed by atoms with Gasteiger partial charge in [0.1, 0.15) is 6.54 Å². The van der Waals surface area contributed by atoms with Crippen molar-refractivity contribution >= 4 is 23.3 Å². The van der Waals surface area contributed by atoms with E-state index in [1.54, 1.807) is 24.3 Å². The Morgan fingerprint density at radius 1 is 1.07 bits per heavy atom. The van der Waals surface area contributed by atoms with Crippen LogP contribution in [0.1, 0.15) is 10.4 Å². The summed E-state index contributed by atoms with van der Waals surface area (Å²) < 4.78 is 4.64. The first-order chi connectivity index (χ1) is 13.5. The molecule has 1 heterocycles. The SMILES string of the molecule is COC(=O)c1ccc(NC(=O)Cn2nnc(-c3ccc(N(C)C)cc3)n2)cc1. The number of ether oxygens (including phenoxy) is 1. The van der Waals surface area contributed by atoms with E-state index in [-0.39, 0.29) is 12.5 Å². The molecule has 0 spiro atoms. The number of benzene rings is 2. The maximum Gasteiger partial charge on any atom is 0.337 e. The zero-order valence-electron chi connectivity index (χ0n) is 15.8. The molecule has 0 aliphatic rings. The first-order valence-corrected chi connectivity index (χ1v) is 8.50. The molecule has 0 radical (unpaired) electrons. The minimum atomic E-state index is -0.434. The zero-order chi connectivity index (χ0) is 20.1. The Labute approximate surface area is 161 Å². The molecule has 0 bridgehead atoms. The fourth-order valence-electron chi connectivity index (χ4n) is 2.47. The molecule has 0 saturated heterocycles. The van der Waals surface area contributed by atoms with Gasteiger partial charge in [-0.15, -0.1) is 10.2 Å². The predicted octanol–water partition coefficient (Wildman–Crippen LogP) is 1.83. The van der Waals surface area contributed by atoms with E-state index >= 15 is 0 Å². The maximum absolute atomic E-state index is 12.2. The number of rotatable bonds is 6. The molecule has 9 heteroatoms. The van der Waals surface area contributed by atoms with E-state index < -0.39 is 5.97 Å². The number of hydrogen-bond acceptors (Lipinski definition) is 7. The van der Waals surface area contributed by atoms with Crippen LogP contribution in [0.2, 0.25) is 0 Å². The third kappa shape index (κ3) is 4.50. The molecular weight excluding hydrogens is 360 g/mol. The highest BCUT2D eigenvalue weighted by atomic mass is 16.5. The van der Waals surface area contributed by atoms with Gasteiger partial charge in [0.05, 0.1) is 12.7 Å². The Morgan fingerprint density at radius 2 is 1.75 bits per heavy atom. The molecule has 3 aromatic rings. The number of tetrazole rings is 1. The molecule has 144 valence electrons. The number of aromatic nitrogens is 4. The molecule has 1 aromatic heterocycles. The highest BCUT2D eigenvalue weighted by Crippen LogP contribution is 2.18. The zero-order valence-corrected chi connectivity index (χ0v) is 15.8. The quantitative estimate of drug-likeness (QED) is 0.651. The molecule has 0 atom stereocenters. The number of hydrogen-bond donors (Lipinski definition) is 1. The molecule has 0 unspecified atom stereocenters. The van der Waals surface area contributed by atoms with Gasteiger partial charge in [0, 0.05) is 31.0 Å². The summed E-state index contributed by atoms with van der Waals surface area (Å²) in [6, 6.07) is 14.1. The standard InChI is InChI=1S/C19H20N6O3/c1-24(2)16-10-6-13(7-11-16)18-21-23-25(22-18)12-17(26)20-15-8-4-14(5-9-15)19(27)28-3/h4-11H,12H2,1-3H3,(H,20,26). The van der Waals surface area contributed by atoms with Crippen LogP contribution in [0, 0.1) is 0 Å². The maximum atomic E-state index is 12.2. The van der Waals surface area contributed by atoms with E-state index in [0.717, 1.165) is 11.3 Å². The molecular formula is C19H20N6O3. The highest BCUT2D eigenvalue weighted by Gasteiger charge is 2.11. The van der Waals surface area contributed by atoms with E-state index in [0.29, 0.717) is 17.1 Å². The number of carbonyl (C=O) groups excluding carboxylic acids is 2. The van der Waals surface area contributed by atoms with Gasteiger partial charge in [-0.25, -0.2) is 4.79 Å². The molecule has 1 amide bonds. The van der Waals surface area contributed by atoms with Crippen molar-refractivity contribution in [3.05, 3.63) is 54.1 Å². The molecule has 1 N–H and O–H groups in total. The summed E-state index contributed by atoms with van der Waals surface area (Å²) in [6.45, 7) is -0.0818. The summed E-state index contributed by atoms with van der Waals surface area (Å²) in [7, 11) is 5.24. The average molecular weight is 380 g/mol. The van der Waals surface area contributed by atoms with Gasteiger partial charge >= 0.3 is 5.97 Å². The molecule has 3 rings (SSSR count). The van der Waals surface area contributed by atoms with Crippen LogP contribution in [0.4, 0.5) is 11.4 Å². The second-order valence-corrected chi connectivity index (χ2v) is 6.20. The number of esters is 1. The van der Waals surface area contributed by atoms with Gasteiger partial charge < -0.3 is 15.0 Å². The fourth-order valence-corrected chi connectivity index (χ4v) is 2.47. The Bertz CT molecular complexity index is 964. The van der Waals surface area contributed by atoms with Crippen LogP contribution < -0.4 is 10.2 Å². The normalized spacial score (nSPS) is 10.4. The van der Waals surface area contributed by atoms with Crippen LogP contribution in [0.15, 0.2) is 48.5 Å². The summed E-state index contributed by atoms with van der Waals surface area (Å²) in [5.41, 5.74) is 2.84.